The number of carbonyl (C=O) groups is 5. The van der Waals surface area contributed by atoms with Crippen LogP contribution in [-0.2, 0) is 26.2 Å². The zero-order valence-electron chi connectivity index (χ0n) is 29.8. The van der Waals surface area contributed by atoms with Crippen molar-refractivity contribution < 1.29 is 68.8 Å². The molecule has 3 aromatic rings. The van der Waals surface area contributed by atoms with Gasteiger partial charge in [-0.1, -0.05) is 6.07 Å². The second-order valence-electron chi connectivity index (χ2n) is 13.9. The van der Waals surface area contributed by atoms with Gasteiger partial charge in [-0.2, -0.15) is 0 Å². The molecule has 8 atom stereocenters. The van der Waals surface area contributed by atoms with E-state index in [0.29, 0.717) is 0 Å². The molecular formula is C38H37N3O14. The number of nitrogens with zero attached hydrogens (tertiary/aromatic N) is 1. The van der Waals surface area contributed by atoms with Crippen molar-refractivity contribution in [3.8, 4) is 11.5 Å². The predicted molar refractivity (Wildman–Crippen MR) is 187 cm³/mol. The smallest absolute Gasteiger partial charge is 0.259 e. The molecule has 0 bridgehead atoms. The van der Waals surface area contributed by atoms with Gasteiger partial charge in [-0.3, -0.25) is 29.0 Å². The lowest BCUT2D eigenvalue weighted by Gasteiger charge is -2.53. The third kappa shape index (κ3) is 5.19. The SMILES string of the molecule is CO[C@@H]1[C@@H](O)[C@@H](CO)C(NC2=CC(=O)c3c(cc4c(c3O)C(=O)[C@]3(OC)[C@H](O)Cc5cc(C)c(C(=O)Nc6cccnc6)c(O)c5[C@]3(O)C4=O)C2=O)O[C@H]1C. The maximum Gasteiger partial charge on any atom is 0.259 e. The number of aliphatic hydroxyl groups is 4. The number of aromatic hydroxyl groups is 2. The number of aromatic nitrogens is 1. The summed E-state index contributed by atoms with van der Waals surface area (Å²) in [5.41, 5.74) is -10.0. The highest BCUT2D eigenvalue weighted by atomic mass is 16.6. The molecular weight excluding hydrogens is 722 g/mol. The van der Waals surface area contributed by atoms with E-state index in [1.165, 1.54) is 38.6 Å². The lowest BCUT2D eigenvalue weighted by Crippen LogP contribution is -2.73. The van der Waals surface area contributed by atoms with Crippen LogP contribution in [0.3, 0.4) is 0 Å². The number of benzene rings is 2. The average molecular weight is 760 g/mol. The molecule has 8 N–H and O–H groups in total. The Morgan fingerprint density at radius 1 is 1.05 bits per heavy atom. The molecule has 288 valence electrons. The Morgan fingerprint density at radius 2 is 1.78 bits per heavy atom. The van der Waals surface area contributed by atoms with Crippen molar-refractivity contribution in [1.82, 2.24) is 10.3 Å². The number of rotatable bonds is 7. The molecule has 0 radical (unpaired) electrons. The maximum atomic E-state index is 14.8. The summed E-state index contributed by atoms with van der Waals surface area (Å²) in [6, 6.07) is 5.27. The second-order valence-corrected chi connectivity index (χ2v) is 13.9. The third-order valence-electron chi connectivity index (χ3n) is 11.0. The summed E-state index contributed by atoms with van der Waals surface area (Å²) in [5.74, 6) is -8.64. The Balaban J connectivity index is 1.35. The van der Waals surface area contributed by atoms with Crippen molar-refractivity contribution in [2.24, 2.45) is 5.92 Å². The third-order valence-corrected chi connectivity index (χ3v) is 11.0. The summed E-state index contributed by atoms with van der Waals surface area (Å²) in [6.45, 7) is 2.44. The predicted octanol–water partition coefficient (Wildman–Crippen LogP) is 0.204. The number of hydrogen-bond donors (Lipinski definition) is 8. The summed E-state index contributed by atoms with van der Waals surface area (Å²) in [5, 5.41) is 73.7. The van der Waals surface area contributed by atoms with Crippen molar-refractivity contribution in [3.63, 3.8) is 0 Å². The van der Waals surface area contributed by atoms with Crippen LogP contribution < -0.4 is 10.6 Å². The normalized spacial score (nSPS) is 29.8. The quantitative estimate of drug-likeness (QED) is 0.160. The summed E-state index contributed by atoms with van der Waals surface area (Å²) in [7, 11) is 2.26. The van der Waals surface area contributed by atoms with Gasteiger partial charge in [0.05, 0.1) is 65.1 Å². The number of amides is 1. The monoisotopic (exact) mass is 759 g/mol. The van der Waals surface area contributed by atoms with Crippen LogP contribution >= 0.6 is 0 Å². The van der Waals surface area contributed by atoms with Crippen molar-refractivity contribution in [2.45, 2.75) is 62.1 Å². The summed E-state index contributed by atoms with van der Waals surface area (Å²) < 4.78 is 16.7. The molecule has 2 aromatic carbocycles. The first-order valence-electron chi connectivity index (χ1n) is 17.2. The van der Waals surface area contributed by atoms with Gasteiger partial charge in [0.15, 0.2) is 17.0 Å². The van der Waals surface area contributed by atoms with Gasteiger partial charge < -0.3 is 55.5 Å². The van der Waals surface area contributed by atoms with Crippen molar-refractivity contribution in [2.75, 3.05) is 26.1 Å². The fourth-order valence-corrected chi connectivity index (χ4v) is 8.45. The number of aliphatic hydroxyl groups excluding tert-OH is 3. The minimum Gasteiger partial charge on any atom is -0.507 e. The van der Waals surface area contributed by atoms with Crippen LogP contribution in [0.4, 0.5) is 5.69 Å². The minimum absolute atomic E-state index is 0.0129. The van der Waals surface area contributed by atoms with Gasteiger partial charge in [0, 0.05) is 49.6 Å². The number of allylic oxidation sites excluding steroid dienone is 2. The number of fused-ring (bicyclic) bond motifs is 5. The molecule has 1 aromatic heterocycles. The number of ketones is 4. The molecule has 1 amide bonds. The Hall–Kier alpha value is -5.40. The van der Waals surface area contributed by atoms with E-state index in [1.54, 1.807) is 13.0 Å². The van der Waals surface area contributed by atoms with Gasteiger partial charge in [0.1, 0.15) is 23.8 Å². The molecule has 0 spiro atoms. The van der Waals surface area contributed by atoms with E-state index >= 15 is 0 Å². The highest BCUT2D eigenvalue weighted by Gasteiger charge is 2.72. The van der Waals surface area contributed by atoms with Gasteiger partial charge in [-0.05, 0) is 43.2 Å². The van der Waals surface area contributed by atoms with Gasteiger partial charge in [-0.15, -0.1) is 0 Å². The Labute approximate surface area is 312 Å². The van der Waals surface area contributed by atoms with Crippen LogP contribution in [0.15, 0.2) is 48.4 Å². The van der Waals surface area contributed by atoms with Crippen molar-refractivity contribution >= 4 is 34.7 Å². The number of phenolic OH excluding ortho intramolecular Hbond substituents is 2. The molecule has 1 aliphatic heterocycles. The number of methoxy groups -OCH3 is 2. The van der Waals surface area contributed by atoms with Crippen LogP contribution in [0, 0.1) is 12.8 Å². The minimum atomic E-state index is -3.27. The molecule has 17 nitrogen and oxygen atoms in total. The first-order valence-corrected chi connectivity index (χ1v) is 17.2. The highest BCUT2D eigenvalue weighted by molar-refractivity contribution is 6.31. The molecule has 55 heavy (non-hydrogen) atoms. The number of hydrogen-bond acceptors (Lipinski definition) is 16. The van der Waals surface area contributed by atoms with E-state index in [9.17, 15) is 54.6 Å². The molecule has 1 unspecified atom stereocenters. The number of ether oxygens (including phenoxy) is 3. The topological polar surface area (TPSA) is 271 Å². The lowest BCUT2D eigenvalue weighted by molar-refractivity contribution is -0.214. The molecule has 1 saturated heterocycles. The Kier molecular flexibility index (Phi) is 9.24. The van der Waals surface area contributed by atoms with E-state index in [0.717, 1.165) is 19.3 Å². The van der Waals surface area contributed by atoms with Crippen molar-refractivity contribution in [1.29, 1.82) is 0 Å². The van der Waals surface area contributed by atoms with E-state index in [-0.39, 0.29) is 22.4 Å². The number of pyridine rings is 1. The van der Waals surface area contributed by atoms with Gasteiger partial charge in [-0.25, -0.2) is 0 Å². The lowest BCUT2D eigenvalue weighted by atomic mass is 9.56. The Bertz CT molecular complexity index is 2220. The number of carbonyl (C=O) groups excluding carboxylic acids is 5. The van der Waals surface area contributed by atoms with Crippen LogP contribution in [-0.4, -0.2) is 122 Å². The molecule has 3 aliphatic carbocycles. The van der Waals surface area contributed by atoms with Gasteiger partial charge in [0.25, 0.3) is 5.91 Å². The first-order chi connectivity index (χ1) is 26.1. The number of aryl methyl sites for hydroxylation is 1. The summed E-state index contributed by atoms with van der Waals surface area (Å²) in [6.07, 6.45) is -2.88. The van der Waals surface area contributed by atoms with Crippen LogP contribution in [0.1, 0.15) is 75.4 Å². The number of anilines is 1. The molecule has 2 heterocycles. The summed E-state index contributed by atoms with van der Waals surface area (Å²) in [4.78, 5) is 74.5. The largest absolute Gasteiger partial charge is 0.507 e. The van der Waals surface area contributed by atoms with Crippen LogP contribution in [0.2, 0.25) is 0 Å². The fourth-order valence-electron chi connectivity index (χ4n) is 8.45. The standard InChI is InChI=1S/C38H37N3O14/c1-14-8-16-9-23(44)38(54-4)34(50)26-19(33(49)37(38,52)27(16)31(48)24(14)35(51)40-17-6-5-7-39-12-17)10-18-25(30(26)47)22(43)11-21(28(18)45)41-36-20(13-42)29(46)32(53-3)15(2)55-36/h5-8,10-12,15,20,23,29,32,36,41-42,44,46-48,52H,9,13H2,1-4H3,(H,40,51)/t15-,20+,23+,29-,32-,36?,37-,38+/m0/s1. The molecule has 17 heteroatoms. The second kappa shape index (κ2) is 13.4. The van der Waals surface area contributed by atoms with Crippen molar-refractivity contribution in [3.05, 3.63) is 92.9 Å². The first kappa shape index (κ1) is 37.9. The van der Waals surface area contributed by atoms with Gasteiger partial charge in [0.2, 0.25) is 17.3 Å². The van der Waals surface area contributed by atoms with Crippen LogP contribution in [0.5, 0.6) is 11.5 Å². The van der Waals surface area contributed by atoms with E-state index < -0.39 is 135 Å². The van der Waals surface area contributed by atoms with Gasteiger partial charge >= 0.3 is 0 Å². The molecule has 7 rings (SSSR count). The maximum absolute atomic E-state index is 14.8. The van der Waals surface area contributed by atoms with Crippen LogP contribution in [0.25, 0.3) is 0 Å². The highest BCUT2D eigenvalue weighted by Crippen LogP contribution is 2.56. The Morgan fingerprint density at radius 3 is 2.42 bits per heavy atom. The number of phenols is 2. The average Bonchev–Trinajstić information content (AvgIpc) is 3.13. The fraction of sp³-hybridized carbons (Fsp3) is 0.368. The van der Waals surface area contributed by atoms with E-state index in [4.69, 9.17) is 14.2 Å². The number of Topliss-reactive ketones (excluding diaryl/α,β-unsaturated/α-hetero) is 3. The number of nitrogens with one attached hydrogen (secondary N) is 2. The van der Waals surface area contributed by atoms with E-state index in [2.05, 4.69) is 15.6 Å². The van der Waals surface area contributed by atoms with E-state index in [1.807, 2.05) is 0 Å². The zero-order valence-corrected chi connectivity index (χ0v) is 29.8. The zero-order chi connectivity index (χ0) is 39.9. The molecule has 1 fully saturated rings. The molecule has 4 aliphatic rings. The molecule has 0 saturated carbocycles. The summed E-state index contributed by atoms with van der Waals surface area (Å²) >= 11 is 0.